The van der Waals surface area contributed by atoms with Gasteiger partial charge in [0.2, 0.25) is 0 Å². The van der Waals surface area contributed by atoms with E-state index in [1.54, 1.807) is 12.3 Å². The molecule has 0 radical (unpaired) electrons. The summed E-state index contributed by atoms with van der Waals surface area (Å²) >= 11 is 0. The molecule has 0 spiro atoms. The summed E-state index contributed by atoms with van der Waals surface area (Å²) in [7, 11) is 0. The fourth-order valence-corrected chi connectivity index (χ4v) is 2.22. The molecule has 1 aromatic heterocycles. The Hall–Kier alpha value is -3.87. The van der Waals surface area contributed by atoms with E-state index in [-0.39, 0.29) is 5.78 Å². The SMILES string of the molecule is NC(=O)C(=O)Nc1ccc(C(=O)/C=C/c2cnc3ccccc3n2)cc1. The molecule has 7 heteroatoms. The molecule has 3 rings (SSSR count). The van der Waals surface area contributed by atoms with Gasteiger partial charge in [-0.3, -0.25) is 19.4 Å². The van der Waals surface area contributed by atoms with Crippen LogP contribution < -0.4 is 11.1 Å². The van der Waals surface area contributed by atoms with Gasteiger partial charge in [-0.15, -0.1) is 0 Å². The topological polar surface area (TPSA) is 115 Å². The summed E-state index contributed by atoms with van der Waals surface area (Å²) in [4.78, 5) is 42.8. The lowest BCUT2D eigenvalue weighted by atomic mass is 10.1. The minimum absolute atomic E-state index is 0.229. The highest BCUT2D eigenvalue weighted by molar-refractivity contribution is 6.39. The number of nitrogens with two attached hydrogens (primary N) is 1. The van der Waals surface area contributed by atoms with Crippen LogP contribution in [-0.4, -0.2) is 27.6 Å². The molecule has 2 amide bonds. The Kier molecular flexibility index (Phi) is 4.80. The number of carbonyl (C=O) groups excluding carboxylic acids is 3. The average molecular weight is 346 g/mol. The maximum Gasteiger partial charge on any atom is 0.313 e. The number of para-hydroxylation sites is 2. The minimum atomic E-state index is -1.08. The summed E-state index contributed by atoms with van der Waals surface area (Å²) in [5.41, 5.74) is 7.76. The van der Waals surface area contributed by atoms with Crippen molar-refractivity contribution in [1.82, 2.24) is 9.97 Å². The third-order valence-electron chi connectivity index (χ3n) is 3.52. The first kappa shape index (κ1) is 17.0. The van der Waals surface area contributed by atoms with Gasteiger partial charge in [0, 0.05) is 11.3 Å². The van der Waals surface area contributed by atoms with Gasteiger partial charge in [-0.2, -0.15) is 0 Å². The Bertz CT molecular complexity index is 1030. The number of amides is 2. The molecule has 0 bridgehead atoms. The van der Waals surface area contributed by atoms with Gasteiger partial charge >= 0.3 is 11.8 Å². The molecule has 2 aromatic carbocycles. The lowest BCUT2D eigenvalue weighted by Crippen LogP contribution is -2.29. The van der Waals surface area contributed by atoms with Crippen molar-refractivity contribution in [1.29, 1.82) is 0 Å². The summed E-state index contributed by atoms with van der Waals surface area (Å²) < 4.78 is 0. The van der Waals surface area contributed by atoms with Crippen LogP contribution >= 0.6 is 0 Å². The number of rotatable bonds is 4. The molecule has 128 valence electrons. The third kappa shape index (κ3) is 3.96. The average Bonchev–Trinajstić information content (AvgIpc) is 2.66. The smallest absolute Gasteiger partial charge is 0.313 e. The molecule has 26 heavy (non-hydrogen) atoms. The molecule has 0 atom stereocenters. The largest absolute Gasteiger partial charge is 0.361 e. The van der Waals surface area contributed by atoms with Crippen molar-refractivity contribution in [3.05, 3.63) is 72.1 Å². The van der Waals surface area contributed by atoms with Crippen molar-refractivity contribution in [2.75, 3.05) is 5.32 Å². The second-order valence-corrected chi connectivity index (χ2v) is 5.38. The second-order valence-electron chi connectivity index (χ2n) is 5.38. The molecule has 0 aliphatic rings. The molecule has 3 N–H and O–H groups in total. The van der Waals surface area contributed by atoms with Crippen LogP contribution in [0.25, 0.3) is 17.1 Å². The van der Waals surface area contributed by atoms with Crippen molar-refractivity contribution in [3.63, 3.8) is 0 Å². The molecule has 7 nitrogen and oxygen atoms in total. The number of nitrogens with one attached hydrogen (secondary N) is 1. The third-order valence-corrected chi connectivity index (χ3v) is 3.52. The Morgan fingerprint density at radius 3 is 2.35 bits per heavy atom. The molecular formula is C19H14N4O3. The molecule has 0 unspecified atom stereocenters. The van der Waals surface area contributed by atoms with Gasteiger partial charge in [0.1, 0.15) is 0 Å². The number of anilines is 1. The lowest BCUT2D eigenvalue weighted by molar-refractivity contribution is -0.134. The summed E-state index contributed by atoms with van der Waals surface area (Å²) in [6, 6.07) is 13.6. The second kappa shape index (κ2) is 7.35. The van der Waals surface area contributed by atoms with Crippen LogP contribution in [0.2, 0.25) is 0 Å². The maximum absolute atomic E-state index is 12.2. The van der Waals surface area contributed by atoms with Gasteiger partial charge in [0.25, 0.3) is 0 Å². The van der Waals surface area contributed by atoms with E-state index in [0.717, 1.165) is 11.0 Å². The Labute approximate surface area is 148 Å². The van der Waals surface area contributed by atoms with Gasteiger partial charge in [-0.25, -0.2) is 4.98 Å². The van der Waals surface area contributed by atoms with Gasteiger partial charge < -0.3 is 11.1 Å². The molecule has 0 aliphatic carbocycles. The Balaban J connectivity index is 1.71. The summed E-state index contributed by atoms with van der Waals surface area (Å²) in [5, 5.41) is 2.32. The van der Waals surface area contributed by atoms with Crippen LogP contribution in [0.4, 0.5) is 5.69 Å². The predicted octanol–water partition coefficient (Wildman–Crippen LogP) is 1.95. The predicted molar refractivity (Wildman–Crippen MR) is 97.2 cm³/mol. The lowest BCUT2D eigenvalue weighted by Gasteiger charge is -2.03. The van der Waals surface area contributed by atoms with Gasteiger partial charge in [0.15, 0.2) is 5.78 Å². The summed E-state index contributed by atoms with van der Waals surface area (Å²) in [5.74, 6) is -2.23. The first-order valence-electron chi connectivity index (χ1n) is 7.68. The highest BCUT2D eigenvalue weighted by atomic mass is 16.2. The normalized spacial score (nSPS) is 10.8. The number of hydrogen-bond acceptors (Lipinski definition) is 5. The zero-order chi connectivity index (χ0) is 18.5. The molecule has 1 heterocycles. The van der Waals surface area contributed by atoms with Crippen LogP contribution in [0, 0.1) is 0 Å². The zero-order valence-electron chi connectivity index (χ0n) is 13.5. The summed E-state index contributed by atoms with van der Waals surface area (Å²) in [6.45, 7) is 0. The monoisotopic (exact) mass is 346 g/mol. The molecule has 0 saturated heterocycles. The van der Waals surface area contributed by atoms with Crippen LogP contribution in [0.1, 0.15) is 16.1 Å². The Morgan fingerprint density at radius 2 is 1.65 bits per heavy atom. The molecular weight excluding hydrogens is 332 g/mol. The zero-order valence-corrected chi connectivity index (χ0v) is 13.5. The highest BCUT2D eigenvalue weighted by Crippen LogP contribution is 2.12. The number of ketones is 1. The first-order valence-corrected chi connectivity index (χ1v) is 7.68. The fourth-order valence-electron chi connectivity index (χ4n) is 2.22. The van der Waals surface area contributed by atoms with Crippen molar-refractivity contribution < 1.29 is 14.4 Å². The van der Waals surface area contributed by atoms with Crippen LogP contribution in [0.15, 0.2) is 60.8 Å². The number of benzene rings is 2. The van der Waals surface area contributed by atoms with E-state index in [1.807, 2.05) is 24.3 Å². The number of nitrogens with zero attached hydrogens (tertiary/aromatic N) is 2. The number of fused-ring (bicyclic) bond motifs is 1. The van der Waals surface area contributed by atoms with Crippen LogP contribution in [0.3, 0.4) is 0 Å². The number of primary amides is 1. The molecule has 3 aromatic rings. The number of carbonyl (C=O) groups is 3. The first-order chi connectivity index (χ1) is 12.5. The van der Waals surface area contributed by atoms with Crippen LogP contribution in [0.5, 0.6) is 0 Å². The number of allylic oxidation sites excluding steroid dienone is 1. The van der Waals surface area contributed by atoms with Crippen LogP contribution in [-0.2, 0) is 9.59 Å². The van der Waals surface area contributed by atoms with E-state index < -0.39 is 11.8 Å². The number of hydrogen-bond donors (Lipinski definition) is 2. The Morgan fingerprint density at radius 1 is 0.962 bits per heavy atom. The van der Waals surface area contributed by atoms with Gasteiger partial charge in [-0.05, 0) is 48.6 Å². The quantitative estimate of drug-likeness (QED) is 0.426. The molecule has 0 aliphatic heterocycles. The molecule has 0 fully saturated rings. The van der Waals surface area contributed by atoms with E-state index in [9.17, 15) is 14.4 Å². The molecule has 0 saturated carbocycles. The fraction of sp³-hybridized carbons (Fsp3) is 0. The minimum Gasteiger partial charge on any atom is -0.361 e. The van der Waals surface area contributed by atoms with Crippen molar-refractivity contribution in [3.8, 4) is 0 Å². The van der Waals surface area contributed by atoms with Gasteiger partial charge in [0.05, 0.1) is 22.9 Å². The highest BCUT2D eigenvalue weighted by Gasteiger charge is 2.09. The van der Waals surface area contributed by atoms with Crippen molar-refractivity contribution >= 4 is 40.4 Å². The van der Waals surface area contributed by atoms with E-state index in [4.69, 9.17) is 5.73 Å². The standard InChI is InChI=1S/C19H14N4O3/c20-18(25)19(26)23-13-7-5-12(6-8-13)17(24)10-9-14-11-21-15-3-1-2-4-16(15)22-14/h1-11H,(H2,20,25)(H,23,26)/b10-9+. The summed E-state index contributed by atoms with van der Waals surface area (Å²) in [6.07, 6.45) is 4.58. The van der Waals surface area contributed by atoms with E-state index >= 15 is 0 Å². The maximum atomic E-state index is 12.2. The number of aromatic nitrogens is 2. The van der Waals surface area contributed by atoms with Crippen molar-refractivity contribution in [2.45, 2.75) is 0 Å². The van der Waals surface area contributed by atoms with Crippen molar-refractivity contribution in [2.24, 2.45) is 5.73 Å². The van der Waals surface area contributed by atoms with E-state index in [1.165, 1.54) is 30.3 Å². The van der Waals surface area contributed by atoms with Gasteiger partial charge in [-0.1, -0.05) is 12.1 Å². The van der Waals surface area contributed by atoms with E-state index in [2.05, 4.69) is 15.3 Å². The van der Waals surface area contributed by atoms with E-state index in [0.29, 0.717) is 16.9 Å².